The van der Waals surface area contributed by atoms with Gasteiger partial charge < -0.3 is 0 Å². The average molecular weight is 358 g/mol. The van der Waals surface area contributed by atoms with Gasteiger partial charge in [0.1, 0.15) is 11.5 Å². The molecule has 0 atom stereocenters. The lowest BCUT2D eigenvalue weighted by Crippen LogP contribution is -2.32. The number of halogens is 4. The van der Waals surface area contributed by atoms with E-state index < -0.39 is 28.9 Å². The topological polar surface area (TPSA) is 72.9 Å². The third kappa shape index (κ3) is 4.16. The van der Waals surface area contributed by atoms with Gasteiger partial charge in [-0.2, -0.15) is 18.3 Å². The van der Waals surface area contributed by atoms with E-state index in [1.807, 2.05) is 26.2 Å². The maximum atomic E-state index is 14.0. The van der Waals surface area contributed by atoms with Gasteiger partial charge >= 0.3 is 6.18 Å². The van der Waals surface area contributed by atoms with Crippen LogP contribution in [0, 0.1) is 5.82 Å². The fraction of sp³-hybridized carbons (Fsp3) is 0.375. The zero-order chi connectivity index (χ0) is 19.0. The highest BCUT2D eigenvalue weighted by Crippen LogP contribution is 2.31. The quantitative estimate of drug-likeness (QED) is 0.383. The number of rotatable bonds is 3. The van der Waals surface area contributed by atoms with Crippen LogP contribution in [0.15, 0.2) is 24.3 Å². The van der Waals surface area contributed by atoms with E-state index in [4.69, 9.17) is 5.84 Å². The van der Waals surface area contributed by atoms with Gasteiger partial charge in [-0.15, -0.1) is 0 Å². The Morgan fingerprint density at radius 2 is 1.88 bits per heavy atom. The number of nitrogens with two attached hydrogens (primary N) is 1. The van der Waals surface area contributed by atoms with Gasteiger partial charge in [0.05, 0.1) is 17.8 Å². The van der Waals surface area contributed by atoms with E-state index in [0.717, 1.165) is 10.7 Å². The molecule has 1 aromatic carbocycles. The smallest absolute Gasteiger partial charge is 0.289 e. The van der Waals surface area contributed by atoms with Crippen molar-refractivity contribution in [2.24, 2.45) is 5.84 Å². The number of nitrogens with one attached hydrogen (secondary N) is 1. The Kier molecular flexibility index (Phi) is 4.90. The van der Waals surface area contributed by atoms with Crippen LogP contribution in [0.3, 0.4) is 0 Å². The zero-order valence-corrected chi connectivity index (χ0v) is 13.9. The number of alkyl halides is 3. The molecule has 0 bridgehead atoms. The van der Waals surface area contributed by atoms with Crippen LogP contribution in [0.2, 0.25) is 0 Å². The number of nitrogen functional groups attached to an aromatic ring is 1. The first-order chi connectivity index (χ1) is 11.4. The van der Waals surface area contributed by atoms with Gasteiger partial charge in [0.2, 0.25) is 0 Å². The molecular formula is C16H18F4N4O. The van der Waals surface area contributed by atoms with Crippen LogP contribution in [-0.2, 0) is 18.1 Å². The van der Waals surface area contributed by atoms with Gasteiger partial charge in [-0.25, -0.2) is 10.2 Å². The van der Waals surface area contributed by atoms with Crippen molar-refractivity contribution in [2.45, 2.75) is 38.9 Å². The number of carbonyl (C=O) groups excluding carboxylic acids is 1. The summed E-state index contributed by atoms with van der Waals surface area (Å²) in [6.07, 6.45) is -4.60. The summed E-state index contributed by atoms with van der Waals surface area (Å²) >= 11 is 0. The van der Waals surface area contributed by atoms with Crippen molar-refractivity contribution in [1.82, 2.24) is 15.2 Å². The summed E-state index contributed by atoms with van der Waals surface area (Å²) in [6.45, 7) is 5.23. The highest BCUT2D eigenvalue weighted by molar-refractivity contribution is 5.92. The van der Waals surface area contributed by atoms with E-state index in [-0.39, 0.29) is 17.8 Å². The molecule has 1 heterocycles. The number of hydrogen-bond acceptors (Lipinski definition) is 3. The zero-order valence-electron chi connectivity index (χ0n) is 13.9. The van der Waals surface area contributed by atoms with Gasteiger partial charge in [0, 0.05) is 11.0 Å². The molecule has 136 valence electrons. The summed E-state index contributed by atoms with van der Waals surface area (Å²) in [5, 5.41) is 4.23. The van der Waals surface area contributed by atoms with Gasteiger partial charge in [-0.1, -0.05) is 20.8 Å². The molecule has 1 amide bonds. The van der Waals surface area contributed by atoms with Crippen LogP contribution in [-0.4, -0.2) is 15.7 Å². The van der Waals surface area contributed by atoms with Crippen molar-refractivity contribution in [1.29, 1.82) is 0 Å². The number of hydrogen-bond donors (Lipinski definition) is 2. The maximum absolute atomic E-state index is 14.0. The molecule has 0 saturated heterocycles. The lowest BCUT2D eigenvalue weighted by molar-refractivity contribution is -0.137. The van der Waals surface area contributed by atoms with Gasteiger partial charge in [0.25, 0.3) is 5.91 Å². The molecule has 0 saturated carbocycles. The van der Waals surface area contributed by atoms with E-state index >= 15 is 0 Å². The Bertz CT molecular complexity index is 790. The van der Waals surface area contributed by atoms with E-state index in [2.05, 4.69) is 5.10 Å². The average Bonchev–Trinajstić information content (AvgIpc) is 2.91. The highest BCUT2D eigenvalue weighted by atomic mass is 19.4. The standard InChI is InChI=1S/C16H18F4N4O/c1-15(2,3)13-7-12(14(25)22-21)24(23-13)8-9-6-10(16(18,19)20)4-5-11(9)17/h4-7H,8,21H2,1-3H3,(H,22,25). The van der Waals surface area contributed by atoms with Crippen molar-refractivity contribution in [3.63, 3.8) is 0 Å². The van der Waals surface area contributed by atoms with Crippen molar-refractivity contribution < 1.29 is 22.4 Å². The molecule has 3 N–H and O–H groups in total. The normalized spacial score (nSPS) is 12.3. The lowest BCUT2D eigenvalue weighted by atomic mass is 9.92. The third-order valence-corrected chi connectivity index (χ3v) is 3.61. The fourth-order valence-electron chi connectivity index (χ4n) is 2.19. The Balaban J connectivity index is 2.49. The van der Waals surface area contributed by atoms with E-state index in [1.165, 1.54) is 6.07 Å². The van der Waals surface area contributed by atoms with Crippen LogP contribution in [0.25, 0.3) is 0 Å². The number of aromatic nitrogens is 2. The second kappa shape index (κ2) is 6.47. The SMILES string of the molecule is CC(C)(C)c1cc(C(=O)NN)n(Cc2cc(C(F)(F)F)ccc2F)n1. The van der Waals surface area contributed by atoms with Crippen LogP contribution >= 0.6 is 0 Å². The molecular weight excluding hydrogens is 340 g/mol. The summed E-state index contributed by atoms with van der Waals surface area (Å²) in [5.74, 6) is 3.64. The lowest BCUT2D eigenvalue weighted by Gasteiger charge is -2.14. The van der Waals surface area contributed by atoms with Crippen molar-refractivity contribution in [3.05, 3.63) is 52.6 Å². The predicted octanol–water partition coefficient (Wildman–Crippen LogP) is 2.99. The molecule has 0 aliphatic rings. The molecule has 0 unspecified atom stereocenters. The van der Waals surface area contributed by atoms with Gasteiger partial charge in [-0.05, 0) is 24.3 Å². The number of carbonyl (C=O) groups is 1. The third-order valence-electron chi connectivity index (χ3n) is 3.61. The maximum Gasteiger partial charge on any atom is 0.416 e. The molecule has 25 heavy (non-hydrogen) atoms. The molecule has 2 aromatic rings. The summed E-state index contributed by atoms with van der Waals surface area (Å²) < 4.78 is 53.6. The molecule has 0 spiro atoms. The Morgan fingerprint density at radius 3 is 2.40 bits per heavy atom. The van der Waals surface area contributed by atoms with E-state index in [9.17, 15) is 22.4 Å². The number of nitrogens with zero attached hydrogens (tertiary/aromatic N) is 2. The van der Waals surface area contributed by atoms with Crippen molar-refractivity contribution in [2.75, 3.05) is 0 Å². The van der Waals surface area contributed by atoms with Gasteiger partial charge in [-0.3, -0.25) is 14.9 Å². The van der Waals surface area contributed by atoms with Crippen LogP contribution in [0.1, 0.15) is 48.1 Å². The Hall–Kier alpha value is -2.42. The molecule has 0 radical (unpaired) electrons. The number of hydrazine groups is 1. The van der Waals surface area contributed by atoms with Crippen LogP contribution < -0.4 is 11.3 Å². The largest absolute Gasteiger partial charge is 0.416 e. The molecule has 5 nitrogen and oxygen atoms in total. The minimum atomic E-state index is -4.60. The van der Waals surface area contributed by atoms with Gasteiger partial charge in [0.15, 0.2) is 0 Å². The second-order valence-corrected chi connectivity index (χ2v) is 6.60. The number of amides is 1. The summed E-state index contributed by atoms with van der Waals surface area (Å²) in [4.78, 5) is 11.9. The number of benzene rings is 1. The minimum absolute atomic E-state index is 0.0317. The van der Waals surface area contributed by atoms with E-state index in [1.54, 1.807) is 0 Å². The van der Waals surface area contributed by atoms with Crippen LogP contribution in [0.5, 0.6) is 0 Å². The molecule has 0 fully saturated rings. The Morgan fingerprint density at radius 1 is 1.24 bits per heavy atom. The molecule has 0 aliphatic carbocycles. The minimum Gasteiger partial charge on any atom is -0.289 e. The molecule has 0 aliphatic heterocycles. The second-order valence-electron chi connectivity index (χ2n) is 6.60. The predicted molar refractivity (Wildman–Crippen MR) is 83.1 cm³/mol. The summed E-state index contributed by atoms with van der Waals surface area (Å²) in [6, 6.07) is 3.59. The molecule has 9 heteroatoms. The first kappa shape index (κ1) is 18.9. The molecule has 2 rings (SSSR count). The fourth-order valence-corrected chi connectivity index (χ4v) is 2.19. The molecule has 1 aromatic heterocycles. The van der Waals surface area contributed by atoms with Crippen LogP contribution in [0.4, 0.5) is 17.6 Å². The van der Waals surface area contributed by atoms with Crippen molar-refractivity contribution >= 4 is 5.91 Å². The summed E-state index contributed by atoms with van der Waals surface area (Å²) in [5.41, 5.74) is 0.885. The monoisotopic (exact) mass is 358 g/mol. The highest BCUT2D eigenvalue weighted by Gasteiger charge is 2.31. The van der Waals surface area contributed by atoms with Crippen molar-refractivity contribution in [3.8, 4) is 0 Å². The first-order valence-corrected chi connectivity index (χ1v) is 7.38. The first-order valence-electron chi connectivity index (χ1n) is 7.38. The Labute approximate surface area is 141 Å². The van der Waals surface area contributed by atoms with E-state index in [0.29, 0.717) is 17.8 Å². The summed E-state index contributed by atoms with van der Waals surface area (Å²) in [7, 11) is 0.